The summed E-state index contributed by atoms with van der Waals surface area (Å²) in [7, 11) is 0. The van der Waals surface area contributed by atoms with E-state index in [0.29, 0.717) is 24.7 Å². The molecule has 0 aliphatic carbocycles. The normalized spacial score (nSPS) is 18.0. The number of nitrogens with one attached hydrogen (secondary N) is 1. The SMILES string of the molecule is CC(=O)NC(CC(=O)N1CCOC(c2ccc(Cl)cc2)C1)c1ccccc1. The molecule has 2 unspecified atom stereocenters. The van der Waals surface area contributed by atoms with Crippen molar-refractivity contribution in [3.63, 3.8) is 0 Å². The first-order valence-corrected chi connectivity index (χ1v) is 9.37. The van der Waals surface area contributed by atoms with Gasteiger partial charge in [0.1, 0.15) is 6.10 Å². The van der Waals surface area contributed by atoms with E-state index in [1.54, 1.807) is 4.90 Å². The molecule has 0 aromatic heterocycles. The van der Waals surface area contributed by atoms with Crippen LogP contribution in [-0.2, 0) is 14.3 Å². The molecule has 5 nitrogen and oxygen atoms in total. The van der Waals surface area contributed by atoms with Gasteiger partial charge < -0.3 is 15.0 Å². The summed E-state index contributed by atoms with van der Waals surface area (Å²) in [6.45, 7) is 2.98. The molecular formula is C21H23ClN2O3. The number of hydrogen-bond donors (Lipinski definition) is 1. The number of morpholine rings is 1. The Bertz CT molecular complexity index is 780. The van der Waals surface area contributed by atoms with Crippen molar-refractivity contribution in [3.8, 4) is 0 Å². The van der Waals surface area contributed by atoms with E-state index in [4.69, 9.17) is 16.3 Å². The van der Waals surface area contributed by atoms with Crippen LogP contribution in [0.4, 0.5) is 0 Å². The zero-order valence-corrected chi connectivity index (χ0v) is 16.0. The van der Waals surface area contributed by atoms with Crippen molar-refractivity contribution >= 4 is 23.4 Å². The minimum absolute atomic E-state index is 0.000124. The molecule has 0 saturated carbocycles. The number of nitrogens with zero attached hydrogens (tertiary/aromatic N) is 1. The molecule has 27 heavy (non-hydrogen) atoms. The lowest BCUT2D eigenvalue weighted by Gasteiger charge is -2.34. The summed E-state index contributed by atoms with van der Waals surface area (Å²) in [5.41, 5.74) is 1.92. The van der Waals surface area contributed by atoms with Crippen LogP contribution in [0.25, 0.3) is 0 Å². The van der Waals surface area contributed by atoms with E-state index in [2.05, 4.69) is 5.32 Å². The molecule has 2 aromatic carbocycles. The van der Waals surface area contributed by atoms with Crippen LogP contribution < -0.4 is 5.32 Å². The van der Waals surface area contributed by atoms with E-state index in [0.717, 1.165) is 11.1 Å². The molecule has 1 saturated heterocycles. The Labute approximate surface area is 164 Å². The van der Waals surface area contributed by atoms with Crippen molar-refractivity contribution in [2.45, 2.75) is 25.5 Å². The maximum Gasteiger partial charge on any atom is 0.225 e. The summed E-state index contributed by atoms with van der Waals surface area (Å²) in [5.74, 6) is -0.155. The molecule has 2 amide bonds. The number of halogens is 1. The third-order valence-electron chi connectivity index (χ3n) is 4.62. The van der Waals surface area contributed by atoms with Gasteiger partial charge in [0.05, 0.1) is 25.6 Å². The van der Waals surface area contributed by atoms with Crippen molar-refractivity contribution in [2.24, 2.45) is 0 Å². The van der Waals surface area contributed by atoms with E-state index in [9.17, 15) is 9.59 Å². The third-order valence-corrected chi connectivity index (χ3v) is 4.87. The molecule has 1 N–H and O–H groups in total. The highest BCUT2D eigenvalue weighted by molar-refractivity contribution is 6.30. The summed E-state index contributed by atoms with van der Waals surface area (Å²) in [6.07, 6.45) is 0.0487. The van der Waals surface area contributed by atoms with Crippen LogP contribution >= 0.6 is 11.6 Å². The predicted molar refractivity (Wildman–Crippen MR) is 104 cm³/mol. The molecule has 1 fully saturated rings. The molecule has 0 bridgehead atoms. The van der Waals surface area contributed by atoms with Gasteiger partial charge in [-0.05, 0) is 23.3 Å². The average molecular weight is 387 g/mol. The minimum atomic E-state index is -0.340. The van der Waals surface area contributed by atoms with Gasteiger partial charge in [-0.3, -0.25) is 9.59 Å². The lowest BCUT2D eigenvalue weighted by atomic mass is 10.0. The number of carbonyl (C=O) groups is 2. The third kappa shape index (κ3) is 5.31. The van der Waals surface area contributed by atoms with Crippen LogP contribution in [0.5, 0.6) is 0 Å². The van der Waals surface area contributed by atoms with Crippen LogP contribution in [0.15, 0.2) is 54.6 Å². The van der Waals surface area contributed by atoms with E-state index in [-0.39, 0.29) is 30.4 Å². The molecule has 2 aromatic rings. The van der Waals surface area contributed by atoms with Gasteiger partial charge in [0.2, 0.25) is 11.8 Å². The second-order valence-corrected chi connectivity index (χ2v) is 7.06. The molecule has 3 rings (SSSR count). The molecule has 0 spiro atoms. The van der Waals surface area contributed by atoms with Crippen LogP contribution in [0.2, 0.25) is 5.02 Å². The van der Waals surface area contributed by atoms with Crippen LogP contribution in [0.1, 0.15) is 36.6 Å². The van der Waals surface area contributed by atoms with Gasteiger partial charge in [0.15, 0.2) is 0 Å². The van der Waals surface area contributed by atoms with E-state index in [1.165, 1.54) is 6.92 Å². The Hall–Kier alpha value is -2.37. The zero-order valence-electron chi connectivity index (χ0n) is 15.2. The quantitative estimate of drug-likeness (QED) is 0.855. The number of hydrogen-bond acceptors (Lipinski definition) is 3. The standard InChI is InChI=1S/C21H23ClN2O3/c1-15(25)23-19(16-5-3-2-4-6-16)13-21(26)24-11-12-27-20(14-24)17-7-9-18(22)10-8-17/h2-10,19-20H,11-14H2,1H3,(H,23,25). The van der Waals surface area contributed by atoms with E-state index in [1.807, 2.05) is 54.6 Å². The van der Waals surface area contributed by atoms with Crippen LogP contribution in [-0.4, -0.2) is 36.4 Å². The van der Waals surface area contributed by atoms with E-state index >= 15 is 0 Å². The van der Waals surface area contributed by atoms with Gasteiger partial charge in [-0.25, -0.2) is 0 Å². The van der Waals surface area contributed by atoms with Gasteiger partial charge in [0, 0.05) is 18.5 Å². The maximum atomic E-state index is 12.9. The predicted octanol–water partition coefficient (Wildman–Crippen LogP) is 3.51. The summed E-state index contributed by atoms with van der Waals surface area (Å²) >= 11 is 5.95. The first kappa shape index (κ1) is 19.4. The molecular weight excluding hydrogens is 364 g/mol. The number of amides is 2. The Morgan fingerprint density at radius 1 is 1.19 bits per heavy atom. The highest BCUT2D eigenvalue weighted by Gasteiger charge is 2.27. The van der Waals surface area contributed by atoms with Gasteiger partial charge >= 0.3 is 0 Å². The summed E-state index contributed by atoms with van der Waals surface area (Å²) < 4.78 is 5.83. The lowest BCUT2D eigenvalue weighted by Crippen LogP contribution is -2.43. The fourth-order valence-corrected chi connectivity index (χ4v) is 3.37. The Morgan fingerprint density at radius 2 is 1.89 bits per heavy atom. The van der Waals surface area contributed by atoms with Crippen molar-refractivity contribution in [1.82, 2.24) is 10.2 Å². The molecule has 1 aliphatic heterocycles. The van der Waals surface area contributed by atoms with Crippen LogP contribution in [0.3, 0.4) is 0 Å². The average Bonchev–Trinajstić information content (AvgIpc) is 2.68. The van der Waals surface area contributed by atoms with Gasteiger partial charge in [-0.15, -0.1) is 0 Å². The van der Waals surface area contributed by atoms with E-state index < -0.39 is 0 Å². The van der Waals surface area contributed by atoms with Gasteiger partial charge in [0.25, 0.3) is 0 Å². The Morgan fingerprint density at radius 3 is 2.56 bits per heavy atom. The Kier molecular flexibility index (Phi) is 6.48. The van der Waals surface area contributed by atoms with Crippen molar-refractivity contribution in [3.05, 3.63) is 70.7 Å². The van der Waals surface area contributed by atoms with Gasteiger partial charge in [-0.2, -0.15) is 0 Å². The second-order valence-electron chi connectivity index (χ2n) is 6.62. The first-order valence-electron chi connectivity index (χ1n) is 9.00. The highest BCUT2D eigenvalue weighted by Crippen LogP contribution is 2.25. The smallest absolute Gasteiger partial charge is 0.225 e. The Balaban J connectivity index is 1.68. The molecule has 1 heterocycles. The molecule has 142 valence electrons. The molecule has 1 aliphatic rings. The molecule has 6 heteroatoms. The summed E-state index contributed by atoms with van der Waals surface area (Å²) in [6, 6.07) is 16.7. The highest BCUT2D eigenvalue weighted by atomic mass is 35.5. The molecule has 0 radical (unpaired) electrons. The first-order chi connectivity index (χ1) is 13.0. The second kappa shape index (κ2) is 9.02. The van der Waals surface area contributed by atoms with Crippen molar-refractivity contribution in [2.75, 3.05) is 19.7 Å². The fourth-order valence-electron chi connectivity index (χ4n) is 3.24. The zero-order chi connectivity index (χ0) is 19.2. The molecule has 2 atom stereocenters. The largest absolute Gasteiger partial charge is 0.370 e. The monoisotopic (exact) mass is 386 g/mol. The summed E-state index contributed by atoms with van der Waals surface area (Å²) in [4.78, 5) is 26.3. The number of rotatable bonds is 5. The fraction of sp³-hybridized carbons (Fsp3) is 0.333. The number of benzene rings is 2. The number of carbonyl (C=O) groups excluding carboxylic acids is 2. The minimum Gasteiger partial charge on any atom is -0.370 e. The van der Waals surface area contributed by atoms with Crippen LogP contribution in [0, 0.1) is 0 Å². The van der Waals surface area contributed by atoms with Crippen molar-refractivity contribution < 1.29 is 14.3 Å². The lowest BCUT2D eigenvalue weighted by molar-refractivity contribution is -0.139. The topological polar surface area (TPSA) is 58.6 Å². The van der Waals surface area contributed by atoms with Crippen molar-refractivity contribution in [1.29, 1.82) is 0 Å². The maximum absolute atomic E-state index is 12.9. The number of ether oxygens (including phenoxy) is 1. The summed E-state index contributed by atoms with van der Waals surface area (Å²) in [5, 5.41) is 3.55. The van der Waals surface area contributed by atoms with Gasteiger partial charge in [-0.1, -0.05) is 54.1 Å².